The molecule has 1 N–H and O–H groups in total. The van der Waals surface area contributed by atoms with Crippen molar-refractivity contribution in [2.24, 2.45) is 0 Å². The highest BCUT2D eigenvalue weighted by atomic mass is 35.5. The normalized spacial score (nSPS) is 10.9. The highest BCUT2D eigenvalue weighted by Gasteiger charge is 2.11. The molecule has 0 radical (unpaired) electrons. The molecule has 0 amide bonds. The summed E-state index contributed by atoms with van der Waals surface area (Å²) in [4.78, 5) is 0. The summed E-state index contributed by atoms with van der Waals surface area (Å²) in [5.74, 6) is 0.503. The first-order valence-corrected chi connectivity index (χ1v) is 8.21. The molecule has 0 aliphatic rings. The largest absolute Gasteiger partial charge is 0.488 e. The van der Waals surface area contributed by atoms with Crippen LogP contribution in [0.15, 0.2) is 30.3 Å². The third kappa shape index (κ3) is 4.60. The van der Waals surface area contributed by atoms with Crippen molar-refractivity contribution >= 4 is 52.1 Å². The maximum atomic E-state index is 6.23. The molecule has 0 aliphatic heterocycles. The van der Waals surface area contributed by atoms with Gasteiger partial charge in [0.1, 0.15) is 0 Å². The van der Waals surface area contributed by atoms with E-state index < -0.39 is 0 Å². The van der Waals surface area contributed by atoms with Gasteiger partial charge in [0.15, 0.2) is 5.75 Å². The van der Waals surface area contributed by atoms with E-state index in [2.05, 4.69) is 5.32 Å². The van der Waals surface area contributed by atoms with Gasteiger partial charge in [-0.3, -0.25) is 0 Å². The molecule has 0 atom stereocenters. The van der Waals surface area contributed by atoms with E-state index in [0.29, 0.717) is 32.4 Å². The molecule has 0 heterocycles. The van der Waals surface area contributed by atoms with Gasteiger partial charge in [0.2, 0.25) is 0 Å². The van der Waals surface area contributed by atoms with E-state index >= 15 is 0 Å². The third-order valence-corrected chi connectivity index (χ3v) is 3.95. The van der Waals surface area contributed by atoms with Crippen LogP contribution in [0, 0.1) is 0 Å². The minimum atomic E-state index is 0.00393. The van der Waals surface area contributed by atoms with Gasteiger partial charge < -0.3 is 10.1 Å². The zero-order valence-corrected chi connectivity index (χ0v) is 15.1. The Hall–Kier alpha value is -0.800. The number of hydrogen-bond donors (Lipinski definition) is 1. The van der Waals surface area contributed by atoms with Crippen molar-refractivity contribution < 1.29 is 4.74 Å². The average molecular weight is 379 g/mol. The highest BCUT2D eigenvalue weighted by Crippen LogP contribution is 2.35. The van der Waals surface area contributed by atoms with Crippen LogP contribution in [0.25, 0.3) is 0 Å². The minimum absolute atomic E-state index is 0.00393. The van der Waals surface area contributed by atoms with Gasteiger partial charge in [0.05, 0.1) is 26.9 Å². The molecular formula is C16H15Cl4NO. The lowest BCUT2D eigenvalue weighted by molar-refractivity contribution is 0.242. The van der Waals surface area contributed by atoms with E-state index in [0.717, 1.165) is 11.3 Å². The maximum Gasteiger partial charge on any atom is 0.156 e. The third-order valence-electron chi connectivity index (χ3n) is 2.82. The minimum Gasteiger partial charge on any atom is -0.488 e. The Morgan fingerprint density at radius 2 is 1.59 bits per heavy atom. The summed E-state index contributed by atoms with van der Waals surface area (Å²) in [5.41, 5.74) is 1.67. The van der Waals surface area contributed by atoms with E-state index in [1.165, 1.54) is 0 Å². The molecule has 0 aromatic heterocycles. The van der Waals surface area contributed by atoms with Gasteiger partial charge in [0.25, 0.3) is 0 Å². The number of rotatable bonds is 5. The number of hydrogen-bond acceptors (Lipinski definition) is 2. The van der Waals surface area contributed by atoms with Crippen LogP contribution >= 0.6 is 46.4 Å². The zero-order valence-electron chi connectivity index (χ0n) is 12.1. The number of benzene rings is 2. The van der Waals surface area contributed by atoms with E-state index in [1.807, 2.05) is 26.0 Å². The maximum absolute atomic E-state index is 6.23. The van der Waals surface area contributed by atoms with Crippen LogP contribution in [0.2, 0.25) is 20.1 Å². The van der Waals surface area contributed by atoms with Crippen LogP contribution in [0.1, 0.15) is 19.4 Å². The van der Waals surface area contributed by atoms with Crippen molar-refractivity contribution in [1.82, 2.24) is 0 Å². The second-order valence-corrected chi connectivity index (χ2v) is 6.69. The lowest BCUT2D eigenvalue weighted by atomic mass is 10.2. The van der Waals surface area contributed by atoms with Gasteiger partial charge in [-0.2, -0.15) is 0 Å². The Morgan fingerprint density at radius 1 is 0.955 bits per heavy atom. The quantitative estimate of drug-likeness (QED) is 0.624. The van der Waals surface area contributed by atoms with Crippen molar-refractivity contribution in [2.75, 3.05) is 5.32 Å². The summed E-state index contributed by atoms with van der Waals surface area (Å²) in [6.07, 6.45) is 0.00393. The Labute approximate surface area is 150 Å². The van der Waals surface area contributed by atoms with Crippen LogP contribution < -0.4 is 10.1 Å². The smallest absolute Gasteiger partial charge is 0.156 e. The van der Waals surface area contributed by atoms with Crippen molar-refractivity contribution in [3.05, 3.63) is 56.0 Å². The molecular weight excluding hydrogens is 364 g/mol. The summed E-state index contributed by atoms with van der Waals surface area (Å²) in [6.45, 7) is 4.36. The first kappa shape index (κ1) is 17.6. The predicted molar refractivity (Wildman–Crippen MR) is 96.0 cm³/mol. The van der Waals surface area contributed by atoms with Crippen LogP contribution in [0.3, 0.4) is 0 Å². The molecule has 0 aliphatic carbocycles. The van der Waals surface area contributed by atoms with Crippen molar-refractivity contribution in [3.8, 4) is 5.75 Å². The Morgan fingerprint density at radius 3 is 2.18 bits per heavy atom. The van der Waals surface area contributed by atoms with Crippen LogP contribution in [-0.4, -0.2) is 6.10 Å². The zero-order chi connectivity index (χ0) is 16.3. The van der Waals surface area contributed by atoms with E-state index in [-0.39, 0.29) is 6.10 Å². The topological polar surface area (TPSA) is 21.3 Å². The summed E-state index contributed by atoms with van der Waals surface area (Å²) in [5, 5.41) is 5.39. The number of halogens is 4. The molecule has 2 nitrogen and oxygen atoms in total. The van der Waals surface area contributed by atoms with E-state index in [1.54, 1.807) is 18.2 Å². The predicted octanol–water partition coefficient (Wildman–Crippen LogP) is 6.70. The summed E-state index contributed by atoms with van der Waals surface area (Å²) in [7, 11) is 0. The fourth-order valence-electron chi connectivity index (χ4n) is 1.89. The molecule has 118 valence electrons. The highest BCUT2D eigenvalue weighted by molar-refractivity contribution is 6.37. The molecule has 22 heavy (non-hydrogen) atoms. The number of anilines is 1. The Bertz CT molecular complexity index is 650. The Balaban J connectivity index is 2.15. The van der Waals surface area contributed by atoms with Gasteiger partial charge in [0, 0.05) is 11.6 Å². The molecule has 2 rings (SSSR count). The van der Waals surface area contributed by atoms with E-state index in [4.69, 9.17) is 51.1 Å². The molecule has 0 fully saturated rings. The number of ether oxygens (including phenoxy) is 1. The molecule has 0 unspecified atom stereocenters. The van der Waals surface area contributed by atoms with Crippen molar-refractivity contribution in [2.45, 2.75) is 26.5 Å². The second kappa shape index (κ2) is 7.65. The summed E-state index contributed by atoms with van der Waals surface area (Å²) >= 11 is 24.5. The lowest BCUT2D eigenvalue weighted by Gasteiger charge is -2.15. The van der Waals surface area contributed by atoms with Crippen molar-refractivity contribution in [1.29, 1.82) is 0 Å². The molecule has 0 spiro atoms. The fraction of sp³-hybridized carbons (Fsp3) is 0.250. The average Bonchev–Trinajstić information content (AvgIpc) is 2.43. The van der Waals surface area contributed by atoms with Crippen molar-refractivity contribution in [3.63, 3.8) is 0 Å². The molecule has 0 saturated carbocycles. The van der Waals surface area contributed by atoms with Gasteiger partial charge in [-0.25, -0.2) is 0 Å². The van der Waals surface area contributed by atoms with Crippen LogP contribution in [-0.2, 0) is 6.54 Å². The van der Waals surface area contributed by atoms with Crippen LogP contribution in [0.5, 0.6) is 5.75 Å². The SMILES string of the molecule is CC(C)Oc1c(Cl)cc(CNc2cc(Cl)ccc2Cl)cc1Cl. The van der Waals surface area contributed by atoms with Crippen LogP contribution in [0.4, 0.5) is 5.69 Å². The second-order valence-electron chi connectivity index (χ2n) is 5.03. The summed E-state index contributed by atoms with van der Waals surface area (Å²) in [6, 6.07) is 8.88. The molecule has 2 aromatic rings. The molecule has 0 saturated heterocycles. The van der Waals surface area contributed by atoms with Gasteiger partial charge in [-0.1, -0.05) is 46.4 Å². The first-order chi connectivity index (χ1) is 10.4. The van der Waals surface area contributed by atoms with Gasteiger partial charge >= 0.3 is 0 Å². The fourth-order valence-corrected chi connectivity index (χ4v) is 2.87. The molecule has 2 aromatic carbocycles. The first-order valence-electron chi connectivity index (χ1n) is 6.70. The molecule has 0 bridgehead atoms. The lowest BCUT2D eigenvalue weighted by Crippen LogP contribution is -2.07. The number of nitrogens with one attached hydrogen (secondary N) is 1. The standard InChI is InChI=1S/C16H15Cl4NO/c1-9(2)22-16-13(19)5-10(6-14(16)20)8-21-15-7-11(17)3-4-12(15)18/h3-7,9,21H,8H2,1-2H3. The molecule has 6 heteroatoms. The van der Waals surface area contributed by atoms with Gasteiger partial charge in [-0.05, 0) is 49.7 Å². The summed E-state index contributed by atoms with van der Waals surface area (Å²) < 4.78 is 5.61. The van der Waals surface area contributed by atoms with Gasteiger partial charge in [-0.15, -0.1) is 0 Å². The Kier molecular flexibility index (Phi) is 6.10. The monoisotopic (exact) mass is 377 g/mol. The van der Waals surface area contributed by atoms with E-state index in [9.17, 15) is 0 Å².